The van der Waals surface area contributed by atoms with E-state index >= 15 is 0 Å². The van der Waals surface area contributed by atoms with Gasteiger partial charge in [-0.15, -0.1) is 0 Å². The zero-order valence-corrected chi connectivity index (χ0v) is 14.5. The minimum atomic E-state index is -3.09. The highest BCUT2D eigenvalue weighted by molar-refractivity contribution is 9.11. The van der Waals surface area contributed by atoms with Crippen molar-refractivity contribution >= 4 is 41.7 Å². The summed E-state index contributed by atoms with van der Waals surface area (Å²) in [5.41, 5.74) is 0.899. The van der Waals surface area contributed by atoms with Crippen molar-refractivity contribution in [3.63, 3.8) is 0 Å². The Labute approximate surface area is 125 Å². The number of halogens is 2. The fraction of sp³-hybridized carbons (Fsp3) is 0.500. The normalized spacial score (nSPS) is 15.2. The van der Waals surface area contributed by atoms with E-state index in [1.165, 1.54) is 6.26 Å². The summed E-state index contributed by atoms with van der Waals surface area (Å²) in [7, 11) is -3.09. The Balaban J connectivity index is 3.04. The summed E-state index contributed by atoms with van der Waals surface area (Å²) >= 11 is 6.90. The van der Waals surface area contributed by atoms with Crippen LogP contribution in [0.5, 0.6) is 5.75 Å². The van der Waals surface area contributed by atoms with Crippen LogP contribution in [0, 0.1) is 0 Å². The minimum Gasteiger partial charge on any atom is -0.494 e. The fourth-order valence-corrected chi connectivity index (χ4v) is 4.53. The van der Waals surface area contributed by atoms with Gasteiger partial charge in [-0.25, -0.2) is 8.42 Å². The highest BCUT2D eigenvalue weighted by atomic mass is 79.9. The summed E-state index contributed by atoms with van der Waals surface area (Å²) in [6.45, 7) is 4.21. The molecule has 2 atom stereocenters. The molecule has 0 N–H and O–H groups in total. The molecule has 0 heterocycles. The average Bonchev–Trinajstić information content (AvgIpc) is 2.26. The van der Waals surface area contributed by atoms with Gasteiger partial charge in [0.25, 0.3) is 0 Å². The van der Waals surface area contributed by atoms with Crippen molar-refractivity contribution in [2.24, 2.45) is 0 Å². The van der Waals surface area contributed by atoms with Gasteiger partial charge in [-0.2, -0.15) is 0 Å². The zero-order chi connectivity index (χ0) is 13.9. The van der Waals surface area contributed by atoms with Crippen molar-refractivity contribution in [2.75, 3.05) is 12.9 Å². The Morgan fingerprint density at radius 2 is 2.00 bits per heavy atom. The van der Waals surface area contributed by atoms with Gasteiger partial charge in [0, 0.05) is 10.7 Å². The summed E-state index contributed by atoms with van der Waals surface area (Å²) in [6.07, 6.45) is 1.24. The van der Waals surface area contributed by atoms with E-state index in [1.807, 2.05) is 25.1 Å². The molecule has 0 aliphatic heterocycles. The topological polar surface area (TPSA) is 43.4 Å². The van der Waals surface area contributed by atoms with Crippen LogP contribution in [0.2, 0.25) is 0 Å². The molecule has 1 aromatic carbocycles. The third-order valence-electron chi connectivity index (χ3n) is 2.67. The smallest absolute Gasteiger partial charge is 0.151 e. The molecule has 0 radical (unpaired) electrons. The zero-order valence-electron chi connectivity index (χ0n) is 10.5. The minimum absolute atomic E-state index is 0.252. The molecule has 102 valence electrons. The summed E-state index contributed by atoms with van der Waals surface area (Å²) in [5, 5.41) is -0.494. The molecule has 3 nitrogen and oxygen atoms in total. The third kappa shape index (κ3) is 3.96. The number of benzene rings is 1. The van der Waals surface area contributed by atoms with Gasteiger partial charge in [-0.1, -0.05) is 37.9 Å². The maximum absolute atomic E-state index is 11.6. The van der Waals surface area contributed by atoms with E-state index in [9.17, 15) is 8.42 Å². The molecule has 0 amide bonds. The second kappa shape index (κ2) is 6.39. The number of alkyl halides is 1. The van der Waals surface area contributed by atoms with E-state index in [2.05, 4.69) is 31.9 Å². The molecule has 1 rings (SSSR count). The van der Waals surface area contributed by atoms with Gasteiger partial charge in [0.05, 0.1) is 16.7 Å². The van der Waals surface area contributed by atoms with Crippen LogP contribution < -0.4 is 4.74 Å². The molecule has 0 bridgehead atoms. The molecule has 1 aromatic rings. The lowest BCUT2D eigenvalue weighted by Gasteiger charge is -2.19. The standard InChI is InChI=1S/C12H16Br2O3S/c1-4-17-9-5-6-10(11(13)7-9)12(14)8(2)18(3,15)16/h5-8,12H,4H2,1-3H3. The van der Waals surface area contributed by atoms with E-state index in [4.69, 9.17) is 4.74 Å². The average molecular weight is 400 g/mol. The lowest BCUT2D eigenvalue weighted by molar-refractivity contribution is 0.340. The lowest BCUT2D eigenvalue weighted by Crippen LogP contribution is -2.21. The van der Waals surface area contributed by atoms with Crippen LogP contribution in [0.4, 0.5) is 0 Å². The number of sulfone groups is 1. The first-order valence-electron chi connectivity index (χ1n) is 5.52. The highest BCUT2D eigenvalue weighted by Crippen LogP contribution is 2.36. The van der Waals surface area contributed by atoms with Crippen molar-refractivity contribution in [1.29, 1.82) is 0 Å². The van der Waals surface area contributed by atoms with Gasteiger partial charge < -0.3 is 4.74 Å². The van der Waals surface area contributed by atoms with Crippen molar-refractivity contribution in [1.82, 2.24) is 0 Å². The maximum atomic E-state index is 11.6. The Bertz CT molecular complexity index is 514. The Morgan fingerprint density at radius 3 is 2.44 bits per heavy atom. The van der Waals surface area contributed by atoms with Crippen molar-refractivity contribution in [2.45, 2.75) is 23.9 Å². The van der Waals surface area contributed by atoms with Crippen molar-refractivity contribution in [3.05, 3.63) is 28.2 Å². The number of rotatable bonds is 5. The van der Waals surface area contributed by atoms with E-state index in [1.54, 1.807) is 6.92 Å². The fourth-order valence-electron chi connectivity index (χ4n) is 1.46. The Morgan fingerprint density at radius 1 is 1.39 bits per heavy atom. The quantitative estimate of drug-likeness (QED) is 0.708. The predicted octanol–water partition coefficient (Wildman–Crippen LogP) is 3.72. The molecular weight excluding hydrogens is 384 g/mol. The number of hydrogen-bond acceptors (Lipinski definition) is 3. The first-order valence-corrected chi connectivity index (χ1v) is 9.19. The molecule has 0 aliphatic carbocycles. The predicted molar refractivity (Wildman–Crippen MR) is 81.3 cm³/mol. The summed E-state index contributed by atoms with van der Waals surface area (Å²) in [6, 6.07) is 5.56. The molecule has 18 heavy (non-hydrogen) atoms. The second-order valence-electron chi connectivity index (χ2n) is 4.05. The summed E-state index contributed by atoms with van der Waals surface area (Å²) < 4.78 is 29.3. The molecule has 0 fully saturated rings. The third-order valence-corrected chi connectivity index (χ3v) is 6.61. The Hall–Kier alpha value is -0.0700. The number of hydrogen-bond donors (Lipinski definition) is 0. The van der Waals surface area contributed by atoms with Crippen LogP contribution in [0.1, 0.15) is 24.2 Å². The first kappa shape index (κ1) is 16.0. The van der Waals surface area contributed by atoms with Gasteiger partial charge >= 0.3 is 0 Å². The molecule has 0 saturated carbocycles. The molecule has 0 aromatic heterocycles. The van der Waals surface area contributed by atoms with E-state index in [-0.39, 0.29) is 4.83 Å². The van der Waals surface area contributed by atoms with Gasteiger partial charge in [0.1, 0.15) is 5.75 Å². The highest BCUT2D eigenvalue weighted by Gasteiger charge is 2.26. The van der Waals surface area contributed by atoms with Crippen molar-refractivity contribution < 1.29 is 13.2 Å². The number of ether oxygens (including phenoxy) is 1. The lowest BCUT2D eigenvalue weighted by atomic mass is 10.1. The van der Waals surface area contributed by atoms with Crippen LogP contribution in [0.15, 0.2) is 22.7 Å². The van der Waals surface area contributed by atoms with Crippen LogP contribution >= 0.6 is 31.9 Å². The first-order chi connectivity index (χ1) is 8.27. The molecule has 0 aliphatic rings. The van der Waals surface area contributed by atoms with E-state index < -0.39 is 15.1 Å². The largest absolute Gasteiger partial charge is 0.494 e. The Kier molecular flexibility index (Phi) is 5.67. The molecule has 2 unspecified atom stereocenters. The van der Waals surface area contributed by atoms with Gasteiger partial charge in [-0.3, -0.25) is 0 Å². The van der Waals surface area contributed by atoms with Gasteiger partial charge in [0.15, 0.2) is 9.84 Å². The summed E-state index contributed by atoms with van der Waals surface area (Å²) in [5.74, 6) is 0.764. The maximum Gasteiger partial charge on any atom is 0.151 e. The molecule has 6 heteroatoms. The van der Waals surface area contributed by atoms with Crippen LogP contribution in [-0.2, 0) is 9.84 Å². The van der Waals surface area contributed by atoms with Crippen LogP contribution in [0.25, 0.3) is 0 Å². The van der Waals surface area contributed by atoms with Crippen LogP contribution in [-0.4, -0.2) is 26.5 Å². The van der Waals surface area contributed by atoms with E-state index in [0.29, 0.717) is 6.61 Å². The van der Waals surface area contributed by atoms with Gasteiger partial charge in [-0.05, 0) is 31.5 Å². The second-order valence-corrected chi connectivity index (χ2v) is 8.30. The van der Waals surface area contributed by atoms with Gasteiger partial charge in [0.2, 0.25) is 0 Å². The molecule has 0 saturated heterocycles. The monoisotopic (exact) mass is 398 g/mol. The molecular formula is C12H16Br2O3S. The SMILES string of the molecule is CCOc1ccc(C(Br)C(C)S(C)(=O)=O)c(Br)c1. The van der Waals surface area contributed by atoms with E-state index in [0.717, 1.165) is 15.8 Å². The van der Waals surface area contributed by atoms with Crippen molar-refractivity contribution in [3.8, 4) is 5.75 Å². The molecule has 0 spiro atoms. The summed E-state index contributed by atoms with van der Waals surface area (Å²) in [4.78, 5) is -0.252. The van der Waals surface area contributed by atoms with Crippen LogP contribution in [0.3, 0.4) is 0 Å².